The largest absolute Gasteiger partial charge is 0.484 e. The van der Waals surface area contributed by atoms with Crippen molar-refractivity contribution in [3.63, 3.8) is 0 Å². The van der Waals surface area contributed by atoms with Crippen LogP contribution in [0.25, 0.3) is 0 Å². The van der Waals surface area contributed by atoms with Gasteiger partial charge in [-0.15, -0.1) is 0 Å². The van der Waals surface area contributed by atoms with Crippen molar-refractivity contribution in [2.75, 3.05) is 31.6 Å². The van der Waals surface area contributed by atoms with Crippen molar-refractivity contribution in [1.82, 2.24) is 5.32 Å². The number of amides is 1. The number of benzene rings is 2. The van der Waals surface area contributed by atoms with E-state index in [1.807, 2.05) is 37.4 Å². The van der Waals surface area contributed by atoms with E-state index in [-0.39, 0.29) is 12.5 Å². The Morgan fingerprint density at radius 2 is 1.95 bits per heavy atom. The maximum Gasteiger partial charge on any atom is 0.258 e. The molecule has 0 aliphatic rings. The van der Waals surface area contributed by atoms with E-state index in [9.17, 15) is 4.79 Å². The molecular formula is C17H19ClN2O2. The Kier molecular flexibility index (Phi) is 6.10. The zero-order valence-electron chi connectivity index (χ0n) is 12.5. The van der Waals surface area contributed by atoms with Gasteiger partial charge in [0.05, 0.1) is 0 Å². The second kappa shape index (κ2) is 8.29. The average Bonchev–Trinajstić information content (AvgIpc) is 2.54. The number of likely N-dealkylation sites (N-methyl/N-ethyl adjacent to an activating group) is 1. The van der Waals surface area contributed by atoms with Crippen molar-refractivity contribution >= 4 is 23.2 Å². The molecule has 22 heavy (non-hydrogen) atoms. The van der Waals surface area contributed by atoms with Gasteiger partial charge in [-0.3, -0.25) is 4.79 Å². The summed E-state index contributed by atoms with van der Waals surface area (Å²) in [6.45, 7) is 1.27. The normalized spacial score (nSPS) is 10.1. The fraction of sp³-hybridized carbons (Fsp3) is 0.235. The molecule has 0 heterocycles. The first kappa shape index (κ1) is 16.2. The van der Waals surface area contributed by atoms with Gasteiger partial charge in [-0.25, -0.2) is 0 Å². The first-order valence-corrected chi connectivity index (χ1v) is 7.44. The summed E-state index contributed by atoms with van der Waals surface area (Å²) < 4.78 is 5.38. The Morgan fingerprint density at radius 1 is 1.18 bits per heavy atom. The molecule has 0 bridgehead atoms. The molecule has 0 aromatic heterocycles. The van der Waals surface area contributed by atoms with Gasteiger partial charge in [0, 0.05) is 30.8 Å². The zero-order valence-corrected chi connectivity index (χ0v) is 13.2. The van der Waals surface area contributed by atoms with Crippen molar-refractivity contribution < 1.29 is 9.53 Å². The second-order valence-corrected chi connectivity index (χ2v) is 5.29. The van der Waals surface area contributed by atoms with Crippen molar-refractivity contribution in [3.05, 3.63) is 59.6 Å². The number of carbonyl (C=O) groups excluding carboxylic acids is 1. The molecule has 4 nitrogen and oxygen atoms in total. The van der Waals surface area contributed by atoms with Gasteiger partial charge in [-0.1, -0.05) is 35.9 Å². The predicted molar refractivity (Wildman–Crippen MR) is 89.7 cm³/mol. The maximum absolute atomic E-state index is 11.7. The molecule has 1 amide bonds. The lowest BCUT2D eigenvalue weighted by Gasteiger charge is -2.19. The Morgan fingerprint density at radius 3 is 2.68 bits per heavy atom. The Hall–Kier alpha value is -2.20. The van der Waals surface area contributed by atoms with Gasteiger partial charge in [0.25, 0.3) is 5.91 Å². The minimum Gasteiger partial charge on any atom is -0.484 e. The number of para-hydroxylation sites is 1. The second-order valence-electron chi connectivity index (χ2n) is 4.85. The van der Waals surface area contributed by atoms with E-state index in [0.29, 0.717) is 17.3 Å². The summed E-state index contributed by atoms with van der Waals surface area (Å²) >= 11 is 5.85. The minimum absolute atomic E-state index is 0.0185. The molecule has 1 N–H and O–H groups in total. The highest BCUT2D eigenvalue weighted by Gasteiger charge is 2.04. The monoisotopic (exact) mass is 318 g/mol. The van der Waals surface area contributed by atoms with Crippen LogP contribution in [-0.4, -0.2) is 32.7 Å². The van der Waals surface area contributed by atoms with Crippen LogP contribution >= 0.6 is 11.6 Å². The molecule has 0 spiro atoms. The summed E-state index contributed by atoms with van der Waals surface area (Å²) in [4.78, 5) is 13.8. The summed E-state index contributed by atoms with van der Waals surface area (Å²) in [6.07, 6.45) is 0. The molecule has 0 aliphatic heterocycles. The molecule has 0 saturated heterocycles. The highest BCUT2D eigenvalue weighted by atomic mass is 35.5. The molecule has 0 aliphatic carbocycles. The molecule has 116 valence electrons. The molecule has 0 atom stereocenters. The number of hydrogen-bond acceptors (Lipinski definition) is 3. The van der Waals surface area contributed by atoms with Gasteiger partial charge in [0.1, 0.15) is 5.75 Å². The molecular weight excluding hydrogens is 300 g/mol. The fourth-order valence-electron chi connectivity index (χ4n) is 1.93. The third kappa shape index (κ3) is 5.30. The number of carbonyl (C=O) groups is 1. The van der Waals surface area contributed by atoms with Crippen LogP contribution in [0.3, 0.4) is 0 Å². The number of anilines is 1. The van der Waals surface area contributed by atoms with Gasteiger partial charge in [0.2, 0.25) is 0 Å². The summed E-state index contributed by atoms with van der Waals surface area (Å²) in [7, 11) is 1.99. The van der Waals surface area contributed by atoms with Crippen molar-refractivity contribution in [3.8, 4) is 5.75 Å². The van der Waals surface area contributed by atoms with Crippen molar-refractivity contribution in [1.29, 1.82) is 0 Å². The fourth-order valence-corrected chi connectivity index (χ4v) is 2.11. The predicted octanol–water partition coefficient (Wildman–Crippen LogP) is 2.97. The van der Waals surface area contributed by atoms with Crippen LogP contribution in [0.2, 0.25) is 5.02 Å². The Balaban J connectivity index is 1.68. The lowest BCUT2D eigenvalue weighted by molar-refractivity contribution is -0.123. The van der Waals surface area contributed by atoms with E-state index in [1.54, 1.807) is 24.3 Å². The van der Waals surface area contributed by atoms with Gasteiger partial charge >= 0.3 is 0 Å². The zero-order chi connectivity index (χ0) is 15.8. The number of rotatable bonds is 7. The molecule has 2 aromatic rings. The summed E-state index contributed by atoms with van der Waals surface area (Å²) in [5, 5.41) is 3.42. The quantitative estimate of drug-likeness (QED) is 0.853. The molecule has 2 rings (SSSR count). The highest BCUT2D eigenvalue weighted by Crippen LogP contribution is 2.16. The van der Waals surface area contributed by atoms with E-state index in [2.05, 4.69) is 10.2 Å². The van der Waals surface area contributed by atoms with E-state index < -0.39 is 0 Å². The van der Waals surface area contributed by atoms with Gasteiger partial charge in [0.15, 0.2) is 6.61 Å². The summed E-state index contributed by atoms with van der Waals surface area (Å²) in [5.74, 6) is 0.436. The summed E-state index contributed by atoms with van der Waals surface area (Å²) in [5.41, 5.74) is 1.12. The van der Waals surface area contributed by atoms with Gasteiger partial charge in [-0.05, 0) is 30.3 Å². The minimum atomic E-state index is -0.151. The third-order valence-corrected chi connectivity index (χ3v) is 3.37. The highest BCUT2D eigenvalue weighted by molar-refractivity contribution is 6.30. The van der Waals surface area contributed by atoms with Crippen LogP contribution in [0.1, 0.15) is 0 Å². The molecule has 0 saturated carbocycles. The number of nitrogens with one attached hydrogen (secondary N) is 1. The average molecular weight is 319 g/mol. The van der Waals surface area contributed by atoms with Crippen LogP contribution in [0, 0.1) is 0 Å². The standard InChI is InChI=1S/C17H19ClN2O2/c1-20(15-7-3-2-4-8-15)11-10-19-17(21)13-22-16-9-5-6-14(18)12-16/h2-9,12H,10-11,13H2,1H3,(H,19,21). The first-order chi connectivity index (χ1) is 10.6. The van der Waals surface area contributed by atoms with E-state index in [1.165, 1.54) is 0 Å². The molecule has 2 aromatic carbocycles. The van der Waals surface area contributed by atoms with Crippen LogP contribution in [0.15, 0.2) is 54.6 Å². The number of hydrogen-bond donors (Lipinski definition) is 1. The Bertz CT molecular complexity index is 605. The van der Waals surface area contributed by atoms with Crippen LogP contribution in [0.4, 0.5) is 5.69 Å². The SMILES string of the molecule is CN(CCNC(=O)COc1cccc(Cl)c1)c1ccccc1. The molecule has 5 heteroatoms. The smallest absolute Gasteiger partial charge is 0.258 e. The van der Waals surface area contributed by atoms with Crippen LogP contribution in [0.5, 0.6) is 5.75 Å². The third-order valence-electron chi connectivity index (χ3n) is 3.13. The molecule has 0 fully saturated rings. The van der Waals surface area contributed by atoms with Gasteiger partial charge in [-0.2, -0.15) is 0 Å². The van der Waals surface area contributed by atoms with Crippen LogP contribution in [-0.2, 0) is 4.79 Å². The number of halogens is 1. The van der Waals surface area contributed by atoms with E-state index in [4.69, 9.17) is 16.3 Å². The van der Waals surface area contributed by atoms with E-state index >= 15 is 0 Å². The van der Waals surface area contributed by atoms with Crippen molar-refractivity contribution in [2.45, 2.75) is 0 Å². The van der Waals surface area contributed by atoms with Crippen LogP contribution < -0.4 is 15.0 Å². The number of nitrogens with zero attached hydrogens (tertiary/aromatic N) is 1. The summed E-state index contributed by atoms with van der Waals surface area (Å²) in [6, 6.07) is 17.0. The molecule has 0 unspecified atom stereocenters. The van der Waals surface area contributed by atoms with Crippen molar-refractivity contribution in [2.24, 2.45) is 0 Å². The maximum atomic E-state index is 11.7. The first-order valence-electron chi connectivity index (χ1n) is 7.06. The number of ether oxygens (including phenoxy) is 1. The lowest BCUT2D eigenvalue weighted by atomic mass is 10.3. The van der Waals surface area contributed by atoms with Gasteiger partial charge < -0.3 is 15.0 Å². The lowest BCUT2D eigenvalue weighted by Crippen LogP contribution is -2.35. The van der Waals surface area contributed by atoms with E-state index in [0.717, 1.165) is 12.2 Å². The topological polar surface area (TPSA) is 41.6 Å². The molecule has 0 radical (unpaired) electrons. The Labute approximate surface area is 135 Å².